The summed E-state index contributed by atoms with van der Waals surface area (Å²) >= 11 is 3.49. The molecule has 2 heterocycles. The molecule has 5 heteroatoms. The summed E-state index contributed by atoms with van der Waals surface area (Å²) in [6.45, 7) is 0. The van der Waals surface area contributed by atoms with E-state index in [1.54, 1.807) is 6.07 Å². The highest BCUT2D eigenvalue weighted by molar-refractivity contribution is 9.10. The molecule has 3 nitrogen and oxygen atoms in total. The van der Waals surface area contributed by atoms with Crippen LogP contribution in [0, 0.1) is 5.82 Å². The van der Waals surface area contributed by atoms with Crippen LogP contribution in [0.5, 0.6) is 0 Å². The van der Waals surface area contributed by atoms with E-state index in [1.807, 2.05) is 23.9 Å². The fourth-order valence-corrected chi connectivity index (χ4v) is 2.69. The van der Waals surface area contributed by atoms with Gasteiger partial charge in [0.25, 0.3) is 0 Å². The first-order valence-corrected chi connectivity index (χ1v) is 6.17. The SMILES string of the molecule is Cn1cc(Br)c2c(-c3cccc(F)c3)ncnc21. The largest absolute Gasteiger partial charge is 0.334 e. The van der Waals surface area contributed by atoms with E-state index in [9.17, 15) is 4.39 Å². The summed E-state index contributed by atoms with van der Waals surface area (Å²) in [6, 6.07) is 6.41. The second-order valence-electron chi connectivity index (χ2n) is 4.02. The topological polar surface area (TPSA) is 30.7 Å². The molecule has 0 atom stereocenters. The van der Waals surface area contributed by atoms with Crippen LogP contribution < -0.4 is 0 Å². The third-order valence-electron chi connectivity index (χ3n) is 2.81. The quantitative estimate of drug-likeness (QED) is 0.688. The number of halogens is 2. The standard InChI is InChI=1S/C13H9BrFN3/c1-18-6-10(14)11-12(16-7-17-13(11)18)8-3-2-4-9(15)5-8/h2-7H,1H3. The normalized spacial score (nSPS) is 11.1. The Kier molecular flexibility index (Phi) is 2.63. The lowest BCUT2D eigenvalue weighted by molar-refractivity contribution is 0.628. The van der Waals surface area contributed by atoms with Crippen LogP contribution in [0.1, 0.15) is 0 Å². The van der Waals surface area contributed by atoms with Gasteiger partial charge in [0.05, 0.1) is 11.1 Å². The summed E-state index contributed by atoms with van der Waals surface area (Å²) in [6.07, 6.45) is 3.41. The van der Waals surface area contributed by atoms with E-state index >= 15 is 0 Å². The van der Waals surface area contributed by atoms with Crippen molar-refractivity contribution in [1.82, 2.24) is 14.5 Å². The monoisotopic (exact) mass is 305 g/mol. The molecule has 0 saturated carbocycles. The van der Waals surface area contributed by atoms with Gasteiger partial charge in [0.1, 0.15) is 17.8 Å². The van der Waals surface area contributed by atoms with Crippen molar-refractivity contribution in [2.75, 3.05) is 0 Å². The highest BCUT2D eigenvalue weighted by atomic mass is 79.9. The minimum absolute atomic E-state index is 0.272. The van der Waals surface area contributed by atoms with Crippen molar-refractivity contribution in [3.63, 3.8) is 0 Å². The Morgan fingerprint density at radius 2 is 2.11 bits per heavy atom. The van der Waals surface area contributed by atoms with Crippen molar-refractivity contribution >= 4 is 27.0 Å². The summed E-state index contributed by atoms with van der Waals surface area (Å²) in [5.41, 5.74) is 2.29. The zero-order valence-electron chi connectivity index (χ0n) is 9.56. The lowest BCUT2D eigenvalue weighted by Crippen LogP contribution is -1.91. The third-order valence-corrected chi connectivity index (χ3v) is 3.41. The lowest BCUT2D eigenvalue weighted by Gasteiger charge is -2.03. The minimum atomic E-state index is -0.272. The third kappa shape index (κ3) is 1.71. The van der Waals surface area contributed by atoms with E-state index in [4.69, 9.17) is 0 Å². The van der Waals surface area contributed by atoms with E-state index in [-0.39, 0.29) is 5.82 Å². The molecule has 0 spiro atoms. The number of hydrogen-bond donors (Lipinski definition) is 0. The Labute approximate surface area is 111 Å². The molecule has 18 heavy (non-hydrogen) atoms. The van der Waals surface area contributed by atoms with Gasteiger partial charge in [0.15, 0.2) is 0 Å². The van der Waals surface area contributed by atoms with E-state index in [0.29, 0.717) is 0 Å². The second-order valence-corrected chi connectivity index (χ2v) is 4.87. The maximum Gasteiger partial charge on any atom is 0.144 e. The average Bonchev–Trinajstić information content (AvgIpc) is 2.65. The molecule has 0 radical (unpaired) electrons. The van der Waals surface area contributed by atoms with Crippen LogP contribution in [0.4, 0.5) is 4.39 Å². The zero-order valence-corrected chi connectivity index (χ0v) is 11.1. The number of hydrogen-bond acceptors (Lipinski definition) is 2. The number of benzene rings is 1. The Balaban J connectivity index is 2.36. The molecule has 0 unspecified atom stereocenters. The first-order valence-electron chi connectivity index (χ1n) is 5.38. The fourth-order valence-electron chi connectivity index (χ4n) is 2.01. The molecule has 1 aromatic carbocycles. The van der Waals surface area contributed by atoms with Crippen molar-refractivity contribution in [2.24, 2.45) is 7.05 Å². The molecule has 0 aliphatic heterocycles. The van der Waals surface area contributed by atoms with Gasteiger partial charge in [-0.3, -0.25) is 0 Å². The van der Waals surface area contributed by atoms with Crippen molar-refractivity contribution in [3.05, 3.63) is 47.1 Å². The molecule has 0 N–H and O–H groups in total. The Bertz CT molecular complexity index is 736. The van der Waals surface area contributed by atoms with Gasteiger partial charge in [-0.2, -0.15) is 0 Å². The van der Waals surface area contributed by atoms with Crippen LogP contribution in [0.3, 0.4) is 0 Å². The minimum Gasteiger partial charge on any atom is -0.334 e. The fraction of sp³-hybridized carbons (Fsp3) is 0.0769. The molecular weight excluding hydrogens is 297 g/mol. The van der Waals surface area contributed by atoms with Crippen molar-refractivity contribution in [1.29, 1.82) is 0 Å². The Morgan fingerprint density at radius 1 is 1.28 bits per heavy atom. The highest BCUT2D eigenvalue weighted by Gasteiger charge is 2.13. The van der Waals surface area contributed by atoms with Gasteiger partial charge in [-0.25, -0.2) is 14.4 Å². The molecular formula is C13H9BrFN3. The van der Waals surface area contributed by atoms with E-state index in [1.165, 1.54) is 18.5 Å². The molecule has 2 aromatic heterocycles. The van der Waals surface area contributed by atoms with Gasteiger partial charge in [-0.15, -0.1) is 0 Å². The number of rotatable bonds is 1. The number of fused-ring (bicyclic) bond motifs is 1. The van der Waals surface area contributed by atoms with Gasteiger partial charge in [-0.1, -0.05) is 12.1 Å². The molecule has 0 amide bonds. The van der Waals surface area contributed by atoms with Crippen molar-refractivity contribution in [3.8, 4) is 11.3 Å². The molecule has 3 rings (SSSR count). The molecule has 0 bridgehead atoms. The molecule has 90 valence electrons. The van der Waals surface area contributed by atoms with E-state index < -0.39 is 0 Å². The zero-order chi connectivity index (χ0) is 12.7. The van der Waals surface area contributed by atoms with Crippen LogP contribution in [-0.2, 0) is 7.05 Å². The predicted octanol–water partition coefficient (Wildman–Crippen LogP) is 3.54. The van der Waals surface area contributed by atoms with Gasteiger partial charge in [-0.05, 0) is 28.1 Å². The number of nitrogens with zero attached hydrogens (tertiary/aromatic N) is 3. The van der Waals surface area contributed by atoms with Crippen LogP contribution in [0.15, 0.2) is 41.3 Å². The summed E-state index contributed by atoms with van der Waals surface area (Å²) in [5.74, 6) is -0.272. The van der Waals surface area contributed by atoms with Gasteiger partial charge < -0.3 is 4.57 Å². The first kappa shape index (κ1) is 11.3. The van der Waals surface area contributed by atoms with Crippen molar-refractivity contribution < 1.29 is 4.39 Å². The smallest absolute Gasteiger partial charge is 0.144 e. The summed E-state index contributed by atoms with van der Waals surface area (Å²) in [4.78, 5) is 8.51. The summed E-state index contributed by atoms with van der Waals surface area (Å²) in [5, 5.41) is 0.894. The second kappa shape index (κ2) is 4.17. The van der Waals surface area contributed by atoms with Crippen LogP contribution in [-0.4, -0.2) is 14.5 Å². The highest BCUT2D eigenvalue weighted by Crippen LogP contribution is 2.32. The summed E-state index contributed by atoms with van der Waals surface area (Å²) in [7, 11) is 1.91. The molecule has 0 aliphatic rings. The van der Waals surface area contributed by atoms with Crippen molar-refractivity contribution in [2.45, 2.75) is 0 Å². The molecule has 3 aromatic rings. The van der Waals surface area contributed by atoms with E-state index in [2.05, 4.69) is 25.9 Å². The summed E-state index contributed by atoms with van der Waals surface area (Å²) < 4.78 is 16.1. The van der Waals surface area contributed by atoms with E-state index in [0.717, 1.165) is 26.8 Å². The van der Waals surface area contributed by atoms with Crippen LogP contribution >= 0.6 is 15.9 Å². The van der Waals surface area contributed by atoms with Gasteiger partial charge in [0, 0.05) is 23.3 Å². The molecule has 0 aliphatic carbocycles. The molecule has 0 saturated heterocycles. The lowest BCUT2D eigenvalue weighted by atomic mass is 10.1. The van der Waals surface area contributed by atoms with Gasteiger partial charge in [0.2, 0.25) is 0 Å². The Morgan fingerprint density at radius 3 is 2.89 bits per heavy atom. The number of aryl methyl sites for hydroxylation is 1. The average molecular weight is 306 g/mol. The maximum atomic E-state index is 13.3. The van der Waals surface area contributed by atoms with Crippen LogP contribution in [0.2, 0.25) is 0 Å². The maximum absolute atomic E-state index is 13.3. The molecule has 0 fully saturated rings. The van der Waals surface area contributed by atoms with Gasteiger partial charge >= 0.3 is 0 Å². The van der Waals surface area contributed by atoms with Crippen LogP contribution in [0.25, 0.3) is 22.3 Å². The predicted molar refractivity (Wildman–Crippen MR) is 71.6 cm³/mol. The first-order chi connectivity index (χ1) is 8.66. The Hall–Kier alpha value is -1.75. The number of aromatic nitrogens is 3.